The lowest BCUT2D eigenvalue weighted by molar-refractivity contribution is -0.150. The summed E-state index contributed by atoms with van der Waals surface area (Å²) in [5.41, 5.74) is 0.213. The summed E-state index contributed by atoms with van der Waals surface area (Å²) < 4.78 is 4.67. The number of carbonyl (C=O) groups excluding carboxylic acids is 1. The van der Waals surface area contributed by atoms with Gasteiger partial charge >= 0.3 is 29.8 Å². The lowest BCUT2D eigenvalue weighted by atomic mass is 10.0. The van der Waals surface area contributed by atoms with Gasteiger partial charge in [-0.25, -0.2) is 4.79 Å². The van der Waals surface area contributed by atoms with E-state index in [-0.39, 0.29) is 25.0 Å². The quantitative estimate of drug-likeness (QED) is 0.303. The predicted octanol–water partition coefficient (Wildman–Crippen LogP) is 1.24. The van der Waals surface area contributed by atoms with E-state index in [9.17, 15) is 24.0 Å². The highest BCUT2D eigenvalue weighted by Gasteiger charge is 2.21. The van der Waals surface area contributed by atoms with E-state index in [0.29, 0.717) is 6.42 Å². The van der Waals surface area contributed by atoms with E-state index in [2.05, 4.69) is 11.3 Å². The average Bonchev–Trinajstić information content (AvgIpc) is 2.50. The van der Waals surface area contributed by atoms with Crippen molar-refractivity contribution in [2.45, 2.75) is 39.5 Å². The van der Waals surface area contributed by atoms with E-state index < -0.39 is 48.1 Å². The van der Waals surface area contributed by atoms with Crippen molar-refractivity contribution < 1.29 is 49.1 Å². The van der Waals surface area contributed by atoms with Crippen molar-refractivity contribution in [1.82, 2.24) is 0 Å². The van der Waals surface area contributed by atoms with Crippen molar-refractivity contribution in [2.75, 3.05) is 6.61 Å². The molecule has 0 aliphatic rings. The highest BCUT2D eigenvalue weighted by molar-refractivity contribution is 5.87. The van der Waals surface area contributed by atoms with Crippen LogP contribution in [-0.2, 0) is 28.7 Å². The molecule has 26 heavy (non-hydrogen) atoms. The van der Waals surface area contributed by atoms with Crippen molar-refractivity contribution in [2.24, 2.45) is 11.8 Å². The molecule has 0 aromatic rings. The fourth-order valence-electron chi connectivity index (χ4n) is 1.56. The summed E-state index contributed by atoms with van der Waals surface area (Å²) in [7, 11) is 0. The van der Waals surface area contributed by atoms with Gasteiger partial charge < -0.3 is 25.2 Å². The first kappa shape index (κ1) is 25.3. The number of esters is 1. The number of ether oxygens (including phenoxy) is 1. The van der Waals surface area contributed by atoms with Crippen LogP contribution in [0, 0.1) is 11.8 Å². The molecule has 0 fully saturated rings. The molecule has 0 bridgehead atoms. The highest BCUT2D eigenvalue weighted by atomic mass is 16.5. The van der Waals surface area contributed by atoms with Crippen LogP contribution in [0.3, 0.4) is 0 Å². The molecule has 0 aliphatic carbocycles. The standard InChI is InChI=1S/C10H14O6.C6H10O4/c1-6(2)10(15)16-4-3-7(9(13)14)5-8(11)12;1-2-4(6(9)10)3-5(7)8/h7H,1,3-5H2,2H3,(H,11,12)(H,13,14);4H,2-3H2,1H3,(H,7,8)(H,9,10). The van der Waals surface area contributed by atoms with Crippen LogP contribution in [0.1, 0.15) is 39.5 Å². The first-order chi connectivity index (χ1) is 11.9. The van der Waals surface area contributed by atoms with Gasteiger partial charge in [0.1, 0.15) is 0 Å². The maximum Gasteiger partial charge on any atom is 0.333 e. The van der Waals surface area contributed by atoms with Crippen LogP contribution in [0.2, 0.25) is 0 Å². The normalized spacial score (nSPS) is 11.9. The number of rotatable bonds is 11. The smallest absolute Gasteiger partial charge is 0.333 e. The van der Waals surface area contributed by atoms with Gasteiger partial charge in [0.25, 0.3) is 0 Å². The fourth-order valence-corrected chi connectivity index (χ4v) is 1.56. The Morgan fingerprint density at radius 3 is 1.58 bits per heavy atom. The minimum atomic E-state index is -1.21. The zero-order valence-corrected chi connectivity index (χ0v) is 14.6. The first-order valence-corrected chi connectivity index (χ1v) is 7.64. The Morgan fingerprint density at radius 1 is 0.885 bits per heavy atom. The Kier molecular flexibility index (Phi) is 13.0. The molecule has 0 aromatic carbocycles. The lowest BCUT2D eigenvalue weighted by Gasteiger charge is -2.09. The first-order valence-electron chi connectivity index (χ1n) is 7.64. The minimum Gasteiger partial charge on any atom is -0.481 e. The molecule has 0 aliphatic heterocycles. The molecule has 0 radical (unpaired) electrons. The summed E-state index contributed by atoms with van der Waals surface area (Å²) in [6.07, 6.45) is -0.436. The van der Waals surface area contributed by atoms with Gasteiger partial charge in [-0.15, -0.1) is 0 Å². The SMILES string of the molecule is C=C(C)C(=O)OCCC(CC(=O)O)C(=O)O.CCC(CC(=O)O)C(=O)O. The van der Waals surface area contributed by atoms with Crippen LogP contribution < -0.4 is 0 Å². The largest absolute Gasteiger partial charge is 0.481 e. The zero-order valence-electron chi connectivity index (χ0n) is 14.6. The van der Waals surface area contributed by atoms with Crippen LogP contribution in [0.4, 0.5) is 0 Å². The van der Waals surface area contributed by atoms with Gasteiger partial charge in [0.2, 0.25) is 0 Å². The second kappa shape index (κ2) is 13.4. The molecule has 2 unspecified atom stereocenters. The van der Waals surface area contributed by atoms with Gasteiger partial charge in [-0.05, 0) is 19.8 Å². The second-order valence-corrected chi connectivity index (χ2v) is 5.38. The molecule has 10 heteroatoms. The van der Waals surface area contributed by atoms with E-state index in [0.717, 1.165) is 0 Å². The van der Waals surface area contributed by atoms with E-state index >= 15 is 0 Å². The van der Waals surface area contributed by atoms with Crippen molar-refractivity contribution in [3.63, 3.8) is 0 Å². The third-order valence-corrected chi connectivity index (χ3v) is 3.08. The van der Waals surface area contributed by atoms with Gasteiger partial charge in [0, 0.05) is 5.57 Å². The molecule has 0 saturated carbocycles. The Morgan fingerprint density at radius 2 is 1.31 bits per heavy atom. The molecule has 0 heterocycles. The molecule has 4 N–H and O–H groups in total. The van der Waals surface area contributed by atoms with Crippen molar-refractivity contribution in [1.29, 1.82) is 0 Å². The zero-order chi connectivity index (χ0) is 20.9. The number of carboxylic acids is 4. The molecule has 148 valence electrons. The van der Waals surface area contributed by atoms with Crippen LogP contribution in [0.5, 0.6) is 0 Å². The Bertz CT molecular complexity index is 537. The van der Waals surface area contributed by atoms with E-state index in [1.165, 1.54) is 6.92 Å². The number of carboxylic acid groups (broad SMARTS) is 4. The summed E-state index contributed by atoms with van der Waals surface area (Å²) in [4.78, 5) is 52.1. The third kappa shape index (κ3) is 13.5. The van der Waals surface area contributed by atoms with Crippen LogP contribution in [0.25, 0.3) is 0 Å². The fraction of sp³-hybridized carbons (Fsp3) is 0.562. The average molecular weight is 376 g/mol. The Hall–Kier alpha value is -2.91. The molecular formula is C16H24O10. The molecule has 0 spiro atoms. The Labute approximate surface area is 150 Å². The third-order valence-electron chi connectivity index (χ3n) is 3.08. The molecule has 2 atom stereocenters. The van der Waals surface area contributed by atoms with Gasteiger partial charge in [-0.3, -0.25) is 19.2 Å². The van der Waals surface area contributed by atoms with Crippen molar-refractivity contribution in [3.05, 3.63) is 12.2 Å². The summed E-state index contributed by atoms with van der Waals surface area (Å²) in [5, 5.41) is 33.7. The van der Waals surface area contributed by atoms with Crippen LogP contribution in [0.15, 0.2) is 12.2 Å². The summed E-state index contributed by atoms with van der Waals surface area (Å²) >= 11 is 0. The monoisotopic (exact) mass is 376 g/mol. The van der Waals surface area contributed by atoms with Crippen molar-refractivity contribution in [3.8, 4) is 0 Å². The molecule has 10 nitrogen and oxygen atoms in total. The lowest BCUT2D eigenvalue weighted by Crippen LogP contribution is -2.20. The Balaban J connectivity index is 0. The molecule has 0 amide bonds. The number of hydrogen-bond acceptors (Lipinski definition) is 6. The van der Waals surface area contributed by atoms with Crippen molar-refractivity contribution >= 4 is 29.8 Å². The minimum absolute atomic E-state index is 0.0271. The van der Waals surface area contributed by atoms with Crippen LogP contribution in [-0.4, -0.2) is 56.9 Å². The summed E-state index contributed by atoms with van der Waals surface area (Å²) in [6, 6.07) is 0. The topological polar surface area (TPSA) is 176 Å². The molecule has 0 saturated heterocycles. The maximum atomic E-state index is 10.9. The van der Waals surface area contributed by atoms with Gasteiger partial charge in [0.15, 0.2) is 0 Å². The number of aliphatic carboxylic acids is 4. The molecule has 0 rings (SSSR count). The number of hydrogen-bond donors (Lipinski definition) is 4. The maximum absolute atomic E-state index is 10.9. The molecule has 0 aromatic heterocycles. The van der Waals surface area contributed by atoms with Gasteiger partial charge in [-0.2, -0.15) is 0 Å². The molecular weight excluding hydrogens is 352 g/mol. The number of carbonyl (C=O) groups is 5. The van der Waals surface area contributed by atoms with E-state index in [1.807, 2.05) is 0 Å². The second-order valence-electron chi connectivity index (χ2n) is 5.38. The van der Waals surface area contributed by atoms with Gasteiger partial charge in [-0.1, -0.05) is 13.5 Å². The highest BCUT2D eigenvalue weighted by Crippen LogP contribution is 2.10. The van der Waals surface area contributed by atoms with E-state index in [4.69, 9.17) is 20.4 Å². The summed E-state index contributed by atoms with van der Waals surface area (Å²) in [6.45, 7) is 6.34. The predicted molar refractivity (Wildman–Crippen MR) is 87.4 cm³/mol. The van der Waals surface area contributed by atoms with Gasteiger partial charge in [0.05, 0.1) is 31.3 Å². The van der Waals surface area contributed by atoms with Crippen LogP contribution >= 0.6 is 0 Å². The van der Waals surface area contributed by atoms with E-state index in [1.54, 1.807) is 6.92 Å². The summed E-state index contributed by atoms with van der Waals surface area (Å²) in [5.74, 6) is -6.90.